The molecule has 2 heterocycles. The van der Waals surface area contributed by atoms with Crippen molar-refractivity contribution in [3.8, 4) is 0 Å². The van der Waals surface area contributed by atoms with E-state index in [0.29, 0.717) is 6.54 Å². The van der Waals surface area contributed by atoms with Crippen LogP contribution in [0.15, 0.2) is 24.5 Å². The summed E-state index contributed by atoms with van der Waals surface area (Å²) in [5.41, 5.74) is 1.15. The van der Waals surface area contributed by atoms with Gasteiger partial charge in [-0.15, -0.1) is 0 Å². The van der Waals surface area contributed by atoms with E-state index in [9.17, 15) is 4.79 Å². The lowest BCUT2D eigenvalue weighted by Crippen LogP contribution is -2.50. The summed E-state index contributed by atoms with van der Waals surface area (Å²) in [5.74, 6) is 0.242. The SMILES string of the molecule is CCCNC1CCCN(Cc2ccncc2)C1=O. The first kappa shape index (κ1) is 13.0. The number of pyridine rings is 1. The molecular weight excluding hydrogens is 226 g/mol. The monoisotopic (exact) mass is 247 g/mol. The van der Waals surface area contributed by atoms with Crippen molar-refractivity contribution in [2.45, 2.75) is 38.8 Å². The number of nitrogens with one attached hydrogen (secondary N) is 1. The van der Waals surface area contributed by atoms with Crippen molar-refractivity contribution in [1.82, 2.24) is 15.2 Å². The van der Waals surface area contributed by atoms with Crippen molar-refractivity contribution in [3.05, 3.63) is 30.1 Å². The van der Waals surface area contributed by atoms with E-state index in [1.807, 2.05) is 17.0 Å². The van der Waals surface area contributed by atoms with E-state index in [1.165, 1.54) is 0 Å². The number of carbonyl (C=O) groups is 1. The number of amides is 1. The normalized spacial score (nSPS) is 20.2. The van der Waals surface area contributed by atoms with Crippen LogP contribution in [0.4, 0.5) is 0 Å². The first-order valence-electron chi connectivity index (χ1n) is 6.72. The average molecular weight is 247 g/mol. The Hall–Kier alpha value is -1.42. The summed E-state index contributed by atoms with van der Waals surface area (Å²) in [5, 5.41) is 3.33. The quantitative estimate of drug-likeness (QED) is 0.859. The van der Waals surface area contributed by atoms with Gasteiger partial charge < -0.3 is 10.2 Å². The highest BCUT2D eigenvalue weighted by atomic mass is 16.2. The Morgan fingerprint density at radius 3 is 2.94 bits per heavy atom. The van der Waals surface area contributed by atoms with Crippen molar-refractivity contribution < 1.29 is 4.79 Å². The van der Waals surface area contributed by atoms with Crippen LogP contribution in [0.5, 0.6) is 0 Å². The fourth-order valence-electron chi connectivity index (χ4n) is 2.31. The minimum absolute atomic E-state index is 0.0144. The molecule has 4 heteroatoms. The Labute approximate surface area is 108 Å². The fraction of sp³-hybridized carbons (Fsp3) is 0.571. The molecule has 0 aliphatic carbocycles. The van der Waals surface area contributed by atoms with Crippen LogP contribution in [0.25, 0.3) is 0 Å². The third-order valence-corrected chi connectivity index (χ3v) is 3.29. The summed E-state index contributed by atoms with van der Waals surface area (Å²) < 4.78 is 0. The molecule has 0 aromatic carbocycles. The van der Waals surface area contributed by atoms with Gasteiger partial charge in [0.25, 0.3) is 0 Å². The standard InChI is InChI=1S/C14H21N3O/c1-2-7-16-13-4-3-10-17(14(13)18)11-12-5-8-15-9-6-12/h5-6,8-9,13,16H,2-4,7,10-11H2,1H3. The van der Waals surface area contributed by atoms with Gasteiger partial charge in [-0.25, -0.2) is 0 Å². The zero-order chi connectivity index (χ0) is 12.8. The zero-order valence-electron chi connectivity index (χ0n) is 10.9. The van der Waals surface area contributed by atoms with Gasteiger partial charge in [-0.1, -0.05) is 6.92 Å². The van der Waals surface area contributed by atoms with Gasteiger partial charge in [0, 0.05) is 25.5 Å². The lowest BCUT2D eigenvalue weighted by Gasteiger charge is -2.32. The molecule has 98 valence electrons. The third-order valence-electron chi connectivity index (χ3n) is 3.29. The number of carbonyl (C=O) groups excluding carboxylic acids is 1. The number of nitrogens with zero attached hydrogens (tertiary/aromatic N) is 2. The van der Waals surface area contributed by atoms with E-state index >= 15 is 0 Å². The molecule has 1 aromatic rings. The van der Waals surface area contributed by atoms with Gasteiger partial charge in [0.2, 0.25) is 5.91 Å². The lowest BCUT2D eigenvalue weighted by atomic mass is 10.0. The van der Waals surface area contributed by atoms with Crippen molar-refractivity contribution in [3.63, 3.8) is 0 Å². The van der Waals surface area contributed by atoms with Crippen LogP contribution in [0.3, 0.4) is 0 Å². The maximum Gasteiger partial charge on any atom is 0.240 e. The van der Waals surface area contributed by atoms with Gasteiger partial charge in [-0.3, -0.25) is 9.78 Å². The molecule has 0 saturated carbocycles. The van der Waals surface area contributed by atoms with Gasteiger partial charge in [-0.2, -0.15) is 0 Å². The molecule has 1 amide bonds. The molecule has 0 spiro atoms. The van der Waals surface area contributed by atoms with Crippen molar-refractivity contribution in [2.75, 3.05) is 13.1 Å². The smallest absolute Gasteiger partial charge is 0.240 e. The number of hydrogen-bond acceptors (Lipinski definition) is 3. The van der Waals surface area contributed by atoms with E-state index in [0.717, 1.165) is 37.9 Å². The maximum absolute atomic E-state index is 12.3. The minimum atomic E-state index is 0.0144. The number of rotatable bonds is 5. The van der Waals surface area contributed by atoms with E-state index in [2.05, 4.69) is 17.2 Å². The van der Waals surface area contributed by atoms with Gasteiger partial charge >= 0.3 is 0 Å². The molecule has 1 unspecified atom stereocenters. The highest BCUT2D eigenvalue weighted by Crippen LogP contribution is 2.14. The Morgan fingerprint density at radius 1 is 1.44 bits per heavy atom. The molecule has 0 bridgehead atoms. The number of likely N-dealkylation sites (tertiary alicyclic amines) is 1. The number of hydrogen-bond donors (Lipinski definition) is 1. The predicted octanol–water partition coefficient (Wildman–Crippen LogP) is 1.57. The summed E-state index contributed by atoms with van der Waals surface area (Å²) >= 11 is 0. The van der Waals surface area contributed by atoms with E-state index in [4.69, 9.17) is 0 Å². The van der Waals surface area contributed by atoms with Gasteiger partial charge in [0.15, 0.2) is 0 Å². The molecule has 1 saturated heterocycles. The van der Waals surface area contributed by atoms with Gasteiger partial charge in [0.05, 0.1) is 6.04 Å². The summed E-state index contributed by atoms with van der Waals surface area (Å²) in [7, 11) is 0. The Balaban J connectivity index is 1.94. The molecule has 1 aliphatic heterocycles. The van der Waals surface area contributed by atoms with Crippen molar-refractivity contribution in [1.29, 1.82) is 0 Å². The molecule has 1 atom stereocenters. The summed E-state index contributed by atoms with van der Waals surface area (Å²) in [6.07, 6.45) is 6.66. The zero-order valence-corrected chi connectivity index (χ0v) is 10.9. The number of aromatic nitrogens is 1. The molecule has 1 N–H and O–H groups in total. The maximum atomic E-state index is 12.3. The molecule has 1 aromatic heterocycles. The summed E-state index contributed by atoms with van der Waals surface area (Å²) in [6.45, 7) is 4.60. The molecule has 4 nitrogen and oxygen atoms in total. The first-order chi connectivity index (χ1) is 8.81. The molecule has 0 radical (unpaired) electrons. The molecule has 1 aliphatic rings. The lowest BCUT2D eigenvalue weighted by molar-refractivity contribution is -0.136. The van der Waals surface area contributed by atoms with Gasteiger partial charge in [0.1, 0.15) is 0 Å². The second-order valence-electron chi connectivity index (χ2n) is 4.76. The fourth-order valence-corrected chi connectivity index (χ4v) is 2.31. The Morgan fingerprint density at radius 2 is 2.22 bits per heavy atom. The van der Waals surface area contributed by atoms with Crippen LogP contribution in [0.1, 0.15) is 31.7 Å². The van der Waals surface area contributed by atoms with E-state index in [-0.39, 0.29) is 11.9 Å². The largest absolute Gasteiger partial charge is 0.337 e. The Kier molecular flexibility index (Phi) is 4.70. The summed E-state index contributed by atoms with van der Waals surface area (Å²) in [6, 6.07) is 3.95. The van der Waals surface area contributed by atoms with Crippen LogP contribution in [-0.2, 0) is 11.3 Å². The third kappa shape index (κ3) is 3.29. The number of piperidine rings is 1. The van der Waals surface area contributed by atoms with E-state index < -0.39 is 0 Å². The molecule has 18 heavy (non-hydrogen) atoms. The second kappa shape index (κ2) is 6.50. The van der Waals surface area contributed by atoms with Gasteiger partial charge in [-0.05, 0) is 43.5 Å². The summed E-state index contributed by atoms with van der Waals surface area (Å²) in [4.78, 5) is 18.2. The van der Waals surface area contributed by atoms with Crippen molar-refractivity contribution >= 4 is 5.91 Å². The van der Waals surface area contributed by atoms with Crippen LogP contribution in [0, 0.1) is 0 Å². The average Bonchev–Trinajstić information content (AvgIpc) is 2.41. The Bertz CT molecular complexity index is 380. The van der Waals surface area contributed by atoms with Crippen LogP contribution < -0.4 is 5.32 Å². The van der Waals surface area contributed by atoms with Crippen LogP contribution in [-0.4, -0.2) is 34.9 Å². The van der Waals surface area contributed by atoms with Crippen LogP contribution in [0.2, 0.25) is 0 Å². The predicted molar refractivity (Wildman–Crippen MR) is 71.0 cm³/mol. The first-order valence-corrected chi connectivity index (χ1v) is 6.72. The topological polar surface area (TPSA) is 45.2 Å². The molecular formula is C14H21N3O. The highest BCUT2D eigenvalue weighted by molar-refractivity contribution is 5.82. The van der Waals surface area contributed by atoms with E-state index in [1.54, 1.807) is 12.4 Å². The van der Waals surface area contributed by atoms with Crippen molar-refractivity contribution in [2.24, 2.45) is 0 Å². The van der Waals surface area contributed by atoms with Crippen LogP contribution >= 0.6 is 0 Å². The highest BCUT2D eigenvalue weighted by Gasteiger charge is 2.27. The second-order valence-corrected chi connectivity index (χ2v) is 4.76. The minimum Gasteiger partial charge on any atom is -0.337 e. The molecule has 2 rings (SSSR count). The molecule has 1 fully saturated rings.